The maximum Gasteiger partial charge on any atom is 0.287 e. The van der Waals surface area contributed by atoms with Crippen LogP contribution < -0.4 is 10.6 Å². The Morgan fingerprint density at radius 3 is 2.81 bits per heavy atom. The highest BCUT2D eigenvalue weighted by atomic mass is 35.5. The molecule has 0 aliphatic rings. The Hall–Kier alpha value is -2.01. The SMILES string of the molecule is CCCNC(=O)[C@@H](C)NC(=O)c1cc2cc(Cl)ccc2o1. The van der Waals surface area contributed by atoms with Gasteiger partial charge in [0.1, 0.15) is 11.6 Å². The van der Waals surface area contributed by atoms with Crippen LogP contribution in [0.1, 0.15) is 30.8 Å². The molecule has 2 aromatic rings. The van der Waals surface area contributed by atoms with Crippen LogP contribution in [0.5, 0.6) is 0 Å². The number of halogens is 1. The molecular weight excluding hydrogens is 292 g/mol. The number of hydrogen-bond acceptors (Lipinski definition) is 3. The van der Waals surface area contributed by atoms with Crippen molar-refractivity contribution in [3.05, 3.63) is 35.0 Å². The highest BCUT2D eigenvalue weighted by Gasteiger charge is 2.18. The molecule has 0 saturated carbocycles. The van der Waals surface area contributed by atoms with Crippen LogP contribution in [0.4, 0.5) is 0 Å². The Morgan fingerprint density at radius 2 is 2.10 bits per heavy atom. The predicted octanol–water partition coefficient (Wildman–Crippen LogP) is 2.73. The van der Waals surface area contributed by atoms with Gasteiger partial charge in [-0.1, -0.05) is 18.5 Å². The summed E-state index contributed by atoms with van der Waals surface area (Å²) in [5, 5.41) is 6.64. The molecule has 1 atom stereocenters. The van der Waals surface area contributed by atoms with Crippen molar-refractivity contribution in [2.75, 3.05) is 6.54 Å². The van der Waals surface area contributed by atoms with Crippen LogP contribution in [0.15, 0.2) is 28.7 Å². The van der Waals surface area contributed by atoms with Crippen molar-refractivity contribution in [3.63, 3.8) is 0 Å². The zero-order chi connectivity index (χ0) is 15.4. The number of amides is 2. The minimum absolute atomic E-state index is 0.155. The number of hydrogen-bond donors (Lipinski definition) is 2. The molecule has 0 unspecified atom stereocenters. The van der Waals surface area contributed by atoms with Crippen molar-refractivity contribution in [3.8, 4) is 0 Å². The lowest BCUT2D eigenvalue weighted by Gasteiger charge is -2.12. The van der Waals surface area contributed by atoms with E-state index in [2.05, 4.69) is 10.6 Å². The molecule has 0 fully saturated rings. The van der Waals surface area contributed by atoms with Gasteiger partial charge in [-0.05, 0) is 37.6 Å². The van der Waals surface area contributed by atoms with Gasteiger partial charge in [-0.3, -0.25) is 9.59 Å². The lowest BCUT2D eigenvalue weighted by molar-refractivity contribution is -0.122. The van der Waals surface area contributed by atoms with Crippen molar-refractivity contribution in [2.45, 2.75) is 26.3 Å². The van der Waals surface area contributed by atoms with Crippen LogP contribution in [0.3, 0.4) is 0 Å². The number of carbonyl (C=O) groups is 2. The molecule has 21 heavy (non-hydrogen) atoms. The van der Waals surface area contributed by atoms with Gasteiger partial charge in [-0.2, -0.15) is 0 Å². The largest absolute Gasteiger partial charge is 0.451 e. The first-order chi connectivity index (χ1) is 10.0. The number of benzene rings is 1. The molecule has 1 aromatic carbocycles. The number of furan rings is 1. The standard InChI is InChI=1S/C15H17ClN2O3/c1-3-6-17-14(19)9(2)18-15(20)13-8-10-7-11(16)4-5-12(10)21-13/h4-5,7-9H,3,6H2,1-2H3,(H,17,19)(H,18,20)/t9-/m1/s1. The van der Waals surface area contributed by atoms with Gasteiger partial charge < -0.3 is 15.1 Å². The number of nitrogens with one attached hydrogen (secondary N) is 2. The lowest BCUT2D eigenvalue weighted by Crippen LogP contribution is -2.44. The molecule has 2 rings (SSSR count). The summed E-state index contributed by atoms with van der Waals surface area (Å²) in [5.74, 6) is -0.492. The predicted molar refractivity (Wildman–Crippen MR) is 81.5 cm³/mol. The van der Waals surface area contributed by atoms with E-state index in [1.165, 1.54) is 0 Å². The summed E-state index contributed by atoms with van der Waals surface area (Å²) in [4.78, 5) is 23.8. The van der Waals surface area contributed by atoms with Gasteiger partial charge >= 0.3 is 0 Å². The van der Waals surface area contributed by atoms with Crippen molar-refractivity contribution < 1.29 is 14.0 Å². The summed E-state index contributed by atoms with van der Waals surface area (Å²) in [6.07, 6.45) is 0.844. The van der Waals surface area contributed by atoms with Gasteiger partial charge in [0.15, 0.2) is 5.76 Å². The molecule has 2 N–H and O–H groups in total. The van der Waals surface area contributed by atoms with Gasteiger partial charge in [0, 0.05) is 17.0 Å². The molecule has 0 bridgehead atoms. The molecule has 0 radical (unpaired) electrons. The van der Waals surface area contributed by atoms with E-state index >= 15 is 0 Å². The molecule has 0 saturated heterocycles. The van der Waals surface area contributed by atoms with Crippen molar-refractivity contribution >= 4 is 34.4 Å². The zero-order valence-electron chi connectivity index (χ0n) is 11.9. The number of rotatable bonds is 5. The average molecular weight is 309 g/mol. The Bertz CT molecular complexity index is 666. The molecule has 1 aromatic heterocycles. The Labute approximate surface area is 127 Å². The molecule has 0 aliphatic heterocycles. The molecule has 5 nitrogen and oxygen atoms in total. The Morgan fingerprint density at radius 1 is 1.33 bits per heavy atom. The third-order valence-electron chi connectivity index (χ3n) is 2.99. The number of carbonyl (C=O) groups excluding carboxylic acids is 2. The third kappa shape index (κ3) is 3.76. The highest BCUT2D eigenvalue weighted by molar-refractivity contribution is 6.31. The summed E-state index contributed by atoms with van der Waals surface area (Å²) < 4.78 is 5.44. The third-order valence-corrected chi connectivity index (χ3v) is 3.23. The van der Waals surface area contributed by atoms with Crippen molar-refractivity contribution in [2.24, 2.45) is 0 Å². The van der Waals surface area contributed by atoms with E-state index in [1.54, 1.807) is 31.2 Å². The van der Waals surface area contributed by atoms with Crippen LogP contribution in [-0.4, -0.2) is 24.4 Å². The van der Waals surface area contributed by atoms with Gasteiger partial charge in [0.25, 0.3) is 5.91 Å². The van der Waals surface area contributed by atoms with Gasteiger partial charge in [0.2, 0.25) is 5.91 Å². The lowest BCUT2D eigenvalue weighted by atomic mass is 10.2. The Balaban J connectivity index is 2.06. The van der Waals surface area contributed by atoms with E-state index < -0.39 is 11.9 Å². The van der Waals surface area contributed by atoms with E-state index in [-0.39, 0.29) is 11.7 Å². The van der Waals surface area contributed by atoms with Crippen LogP contribution in [0, 0.1) is 0 Å². The van der Waals surface area contributed by atoms with E-state index in [0.717, 1.165) is 11.8 Å². The maximum absolute atomic E-state index is 12.1. The minimum Gasteiger partial charge on any atom is -0.451 e. The number of fused-ring (bicyclic) bond motifs is 1. The van der Waals surface area contributed by atoms with Crippen molar-refractivity contribution in [1.82, 2.24) is 10.6 Å². The Kier molecular flexibility index (Phi) is 4.85. The fourth-order valence-electron chi connectivity index (χ4n) is 1.86. The van der Waals surface area contributed by atoms with E-state index in [4.69, 9.17) is 16.0 Å². The highest BCUT2D eigenvalue weighted by Crippen LogP contribution is 2.22. The second-order valence-electron chi connectivity index (χ2n) is 4.78. The van der Waals surface area contributed by atoms with E-state index in [9.17, 15) is 9.59 Å². The van der Waals surface area contributed by atoms with E-state index in [0.29, 0.717) is 17.2 Å². The maximum atomic E-state index is 12.1. The molecular formula is C15H17ClN2O3. The first kappa shape index (κ1) is 15.4. The smallest absolute Gasteiger partial charge is 0.287 e. The van der Waals surface area contributed by atoms with Crippen LogP contribution in [0.2, 0.25) is 5.02 Å². The fourth-order valence-corrected chi connectivity index (χ4v) is 2.04. The topological polar surface area (TPSA) is 71.3 Å². The van der Waals surface area contributed by atoms with Crippen LogP contribution >= 0.6 is 11.6 Å². The normalized spacial score (nSPS) is 12.1. The van der Waals surface area contributed by atoms with Gasteiger partial charge in [-0.25, -0.2) is 0 Å². The molecule has 0 spiro atoms. The summed E-state index contributed by atoms with van der Waals surface area (Å²) >= 11 is 5.89. The molecule has 0 aliphatic carbocycles. The summed E-state index contributed by atoms with van der Waals surface area (Å²) in [6.45, 7) is 4.17. The monoisotopic (exact) mass is 308 g/mol. The molecule has 112 valence electrons. The molecule has 1 heterocycles. The second kappa shape index (κ2) is 6.63. The minimum atomic E-state index is -0.624. The van der Waals surface area contributed by atoms with Crippen molar-refractivity contribution in [1.29, 1.82) is 0 Å². The zero-order valence-corrected chi connectivity index (χ0v) is 12.7. The quantitative estimate of drug-likeness (QED) is 0.892. The van der Waals surface area contributed by atoms with Crippen LogP contribution in [0.25, 0.3) is 11.0 Å². The first-order valence-electron chi connectivity index (χ1n) is 6.79. The molecule has 2 amide bonds. The average Bonchev–Trinajstić information content (AvgIpc) is 2.87. The van der Waals surface area contributed by atoms with E-state index in [1.807, 2.05) is 6.92 Å². The summed E-state index contributed by atoms with van der Waals surface area (Å²) in [6, 6.07) is 6.09. The van der Waals surface area contributed by atoms with Gasteiger partial charge in [0.05, 0.1) is 0 Å². The molecule has 6 heteroatoms. The summed E-state index contributed by atoms with van der Waals surface area (Å²) in [5.41, 5.74) is 0.577. The summed E-state index contributed by atoms with van der Waals surface area (Å²) in [7, 11) is 0. The fraction of sp³-hybridized carbons (Fsp3) is 0.333. The first-order valence-corrected chi connectivity index (χ1v) is 7.16. The van der Waals surface area contributed by atoms with Crippen LogP contribution in [-0.2, 0) is 4.79 Å². The van der Waals surface area contributed by atoms with Gasteiger partial charge in [-0.15, -0.1) is 0 Å². The second-order valence-corrected chi connectivity index (χ2v) is 5.22.